The molecule has 7 nitrogen and oxygen atoms in total. The summed E-state index contributed by atoms with van der Waals surface area (Å²) < 4.78 is 6.27. The number of aromatic amines is 2. The van der Waals surface area contributed by atoms with Gasteiger partial charge in [-0.3, -0.25) is 15.1 Å². The Morgan fingerprint density at radius 3 is 2.31 bits per heavy atom. The molecule has 0 saturated carbocycles. The third-order valence-electron chi connectivity index (χ3n) is 8.76. The molecule has 3 heterocycles. The summed E-state index contributed by atoms with van der Waals surface area (Å²) >= 11 is 0. The molecule has 2 N–H and O–H groups in total. The molecule has 1 saturated heterocycles. The average molecular weight is 565 g/mol. The van der Waals surface area contributed by atoms with E-state index < -0.39 is 0 Å². The van der Waals surface area contributed by atoms with Gasteiger partial charge in [-0.15, -0.1) is 0 Å². The minimum atomic E-state index is 0.142. The number of nitrogens with zero attached hydrogens (tertiary/aromatic N) is 4. The zero-order chi connectivity index (χ0) is 29.7. The zero-order valence-corrected chi connectivity index (χ0v) is 26.1. The van der Waals surface area contributed by atoms with Gasteiger partial charge in [-0.25, -0.2) is 4.98 Å². The van der Waals surface area contributed by atoms with Crippen molar-refractivity contribution >= 4 is 21.7 Å². The van der Waals surface area contributed by atoms with Crippen LogP contribution in [0.5, 0.6) is 5.75 Å². The first-order valence-corrected chi connectivity index (χ1v) is 15.2. The van der Waals surface area contributed by atoms with Crippen LogP contribution < -0.4 is 4.74 Å². The quantitative estimate of drug-likeness (QED) is 0.208. The molecule has 0 atom stereocenters. The van der Waals surface area contributed by atoms with E-state index in [1.54, 1.807) is 0 Å². The number of rotatable bonds is 7. The van der Waals surface area contributed by atoms with E-state index >= 15 is 0 Å². The molecule has 1 aliphatic heterocycles. The third-order valence-corrected chi connectivity index (χ3v) is 8.76. The minimum Gasteiger partial charge on any atom is -0.492 e. The minimum absolute atomic E-state index is 0.142. The van der Waals surface area contributed by atoms with Crippen molar-refractivity contribution in [1.29, 1.82) is 0 Å². The van der Waals surface area contributed by atoms with Gasteiger partial charge in [-0.1, -0.05) is 39.0 Å². The molecule has 3 aromatic carbocycles. The van der Waals surface area contributed by atoms with Gasteiger partial charge in [0.05, 0.1) is 11.2 Å². The molecule has 220 valence electrons. The van der Waals surface area contributed by atoms with E-state index in [1.165, 1.54) is 19.3 Å². The largest absolute Gasteiger partial charge is 0.492 e. The Morgan fingerprint density at radius 1 is 0.833 bits per heavy atom. The molecule has 0 radical (unpaired) electrons. The molecule has 6 rings (SSSR count). The van der Waals surface area contributed by atoms with Crippen molar-refractivity contribution in [2.45, 2.75) is 85.2 Å². The van der Waals surface area contributed by atoms with Crippen molar-refractivity contribution in [3.8, 4) is 28.4 Å². The number of hydrogen-bond donors (Lipinski definition) is 2. The molecular formula is C35H44N6O. The summed E-state index contributed by atoms with van der Waals surface area (Å²) in [4.78, 5) is 7.39. The maximum absolute atomic E-state index is 6.27. The van der Waals surface area contributed by atoms with Crippen LogP contribution in [0.25, 0.3) is 44.3 Å². The Labute approximate surface area is 249 Å². The maximum atomic E-state index is 6.27. The highest BCUT2D eigenvalue weighted by Gasteiger charge is 2.40. The first kappa shape index (κ1) is 28.4. The van der Waals surface area contributed by atoms with Gasteiger partial charge in [0.25, 0.3) is 0 Å². The number of piperidine rings is 1. The van der Waals surface area contributed by atoms with E-state index in [1.807, 2.05) is 6.07 Å². The normalized spacial score (nSPS) is 17.2. The monoisotopic (exact) mass is 564 g/mol. The number of benzene rings is 3. The molecule has 2 aromatic heterocycles. The van der Waals surface area contributed by atoms with Crippen LogP contribution in [0.4, 0.5) is 0 Å². The summed E-state index contributed by atoms with van der Waals surface area (Å²) in [7, 11) is 0. The van der Waals surface area contributed by atoms with E-state index in [-0.39, 0.29) is 16.5 Å². The van der Waals surface area contributed by atoms with Crippen molar-refractivity contribution < 1.29 is 4.74 Å². The third kappa shape index (κ3) is 5.80. The number of nitrogens with one attached hydrogen (secondary N) is 2. The van der Waals surface area contributed by atoms with E-state index in [0.29, 0.717) is 12.4 Å². The van der Waals surface area contributed by atoms with Gasteiger partial charge in [-0.2, -0.15) is 10.2 Å². The molecule has 42 heavy (non-hydrogen) atoms. The summed E-state index contributed by atoms with van der Waals surface area (Å²) in [5.41, 5.74) is 4.49. The number of likely N-dealkylation sites (tertiary alicyclic amines) is 1. The lowest BCUT2D eigenvalue weighted by Crippen LogP contribution is -2.59. The Kier molecular flexibility index (Phi) is 7.12. The fourth-order valence-electron chi connectivity index (χ4n) is 6.74. The topological polar surface area (TPSA) is 82.7 Å². The molecule has 0 spiro atoms. The summed E-state index contributed by atoms with van der Waals surface area (Å²) in [6.45, 7) is 17.7. The van der Waals surface area contributed by atoms with Crippen molar-refractivity contribution in [3.05, 3.63) is 60.4 Å². The second-order valence-corrected chi connectivity index (χ2v) is 14.4. The molecule has 0 amide bonds. The maximum Gasteiger partial charge on any atom is 0.181 e. The lowest BCUT2D eigenvalue weighted by atomic mass is 9.80. The molecule has 5 aromatic rings. The smallest absolute Gasteiger partial charge is 0.181 e. The van der Waals surface area contributed by atoms with Gasteiger partial charge >= 0.3 is 0 Å². The highest BCUT2D eigenvalue weighted by atomic mass is 16.5. The standard InChI is InChI=1S/C35H44N6O/c1-33(2,3)22-30-36-32(40-38-30)26-12-14-29-28(21-26)31(39-37-29)25-10-9-24-20-27(13-11-23(24)19-25)42-18-17-41-34(4,5)15-8-16-35(41,6)7/h9-14,19-21H,8,15-18,22H2,1-7H3,(H,37,39)(H,36,38,40). The molecule has 1 fully saturated rings. The van der Waals surface area contributed by atoms with Crippen molar-refractivity contribution in [2.75, 3.05) is 13.2 Å². The molecule has 0 bridgehead atoms. The van der Waals surface area contributed by atoms with Crippen LogP contribution >= 0.6 is 0 Å². The second-order valence-electron chi connectivity index (χ2n) is 14.4. The van der Waals surface area contributed by atoms with Crippen molar-refractivity contribution in [2.24, 2.45) is 5.41 Å². The summed E-state index contributed by atoms with van der Waals surface area (Å²) in [6, 6.07) is 19.1. The fraction of sp³-hybridized carbons (Fsp3) is 0.457. The fourth-order valence-corrected chi connectivity index (χ4v) is 6.74. The summed E-state index contributed by atoms with van der Waals surface area (Å²) in [5.74, 6) is 2.53. The van der Waals surface area contributed by atoms with Gasteiger partial charge < -0.3 is 4.74 Å². The SMILES string of the molecule is CC(C)(C)Cc1nc(-c2ccc3[nH]nc(-c4ccc5cc(OCCN6C(C)(C)CCCC6(C)C)ccc5c4)c3c2)n[nH]1. The van der Waals surface area contributed by atoms with Crippen LogP contribution in [0, 0.1) is 5.41 Å². The number of fused-ring (bicyclic) bond motifs is 2. The summed E-state index contributed by atoms with van der Waals surface area (Å²) in [5, 5.41) is 18.9. The number of ether oxygens (including phenoxy) is 1. The van der Waals surface area contributed by atoms with Crippen molar-refractivity contribution in [3.63, 3.8) is 0 Å². The predicted octanol–water partition coefficient (Wildman–Crippen LogP) is 8.18. The Balaban J connectivity index is 1.20. The van der Waals surface area contributed by atoms with Crippen LogP contribution in [-0.4, -0.2) is 54.5 Å². The van der Waals surface area contributed by atoms with Crippen LogP contribution in [0.3, 0.4) is 0 Å². The molecule has 0 aliphatic carbocycles. The second kappa shape index (κ2) is 10.5. The molecule has 1 aliphatic rings. The van der Waals surface area contributed by atoms with E-state index in [0.717, 1.165) is 63.0 Å². The van der Waals surface area contributed by atoms with Crippen LogP contribution in [0.15, 0.2) is 54.6 Å². The van der Waals surface area contributed by atoms with Crippen LogP contribution in [0.2, 0.25) is 0 Å². The van der Waals surface area contributed by atoms with Gasteiger partial charge in [0, 0.05) is 40.6 Å². The first-order valence-electron chi connectivity index (χ1n) is 15.2. The van der Waals surface area contributed by atoms with Gasteiger partial charge in [0.2, 0.25) is 0 Å². The predicted molar refractivity (Wildman–Crippen MR) is 172 cm³/mol. The Bertz CT molecular complexity index is 1700. The lowest BCUT2D eigenvalue weighted by Gasteiger charge is -2.53. The van der Waals surface area contributed by atoms with E-state index in [2.05, 4.69) is 122 Å². The molecule has 0 unspecified atom stereocenters. The van der Waals surface area contributed by atoms with Gasteiger partial charge in [0.1, 0.15) is 18.2 Å². The Hall–Kier alpha value is -3.71. The number of H-pyrrole nitrogens is 2. The summed E-state index contributed by atoms with van der Waals surface area (Å²) in [6.07, 6.45) is 4.61. The van der Waals surface area contributed by atoms with E-state index in [9.17, 15) is 0 Å². The highest BCUT2D eigenvalue weighted by molar-refractivity contribution is 5.97. The van der Waals surface area contributed by atoms with Gasteiger partial charge in [-0.05, 0) is 99.5 Å². The average Bonchev–Trinajstić information content (AvgIpc) is 3.55. The van der Waals surface area contributed by atoms with Crippen LogP contribution in [-0.2, 0) is 6.42 Å². The number of aromatic nitrogens is 5. The highest BCUT2D eigenvalue weighted by Crippen LogP contribution is 2.38. The molecule has 7 heteroatoms. The lowest BCUT2D eigenvalue weighted by molar-refractivity contribution is -0.0340. The Morgan fingerprint density at radius 2 is 1.55 bits per heavy atom. The van der Waals surface area contributed by atoms with Crippen LogP contribution in [0.1, 0.15) is 73.6 Å². The molecular weight excluding hydrogens is 520 g/mol. The number of hydrogen-bond acceptors (Lipinski definition) is 5. The zero-order valence-electron chi connectivity index (χ0n) is 26.1. The van der Waals surface area contributed by atoms with E-state index in [4.69, 9.17) is 9.72 Å². The van der Waals surface area contributed by atoms with Crippen molar-refractivity contribution in [1.82, 2.24) is 30.3 Å². The van der Waals surface area contributed by atoms with Gasteiger partial charge in [0.15, 0.2) is 5.82 Å². The first-order chi connectivity index (χ1) is 19.9.